The van der Waals surface area contributed by atoms with Gasteiger partial charge in [0, 0.05) is 47.6 Å². The van der Waals surface area contributed by atoms with E-state index in [-0.39, 0.29) is 17.4 Å². The van der Waals surface area contributed by atoms with E-state index in [2.05, 4.69) is 33.2 Å². The lowest BCUT2D eigenvalue weighted by Crippen LogP contribution is -2.45. The molecule has 4 heterocycles. The van der Waals surface area contributed by atoms with Crippen LogP contribution in [-0.4, -0.2) is 65.8 Å². The number of piperidine rings is 1. The summed E-state index contributed by atoms with van der Waals surface area (Å²) in [4.78, 5) is 30.8. The molecule has 0 bridgehead atoms. The number of fused-ring (bicyclic) bond motifs is 7. The second-order valence-corrected chi connectivity index (χ2v) is 17.4. The fraction of sp³-hybridized carbons (Fsp3) is 0.590. The maximum absolute atomic E-state index is 14.9. The highest BCUT2D eigenvalue weighted by molar-refractivity contribution is 7.87. The average molecular weight is 685 g/mol. The number of amides is 2. The van der Waals surface area contributed by atoms with Gasteiger partial charge in [-0.05, 0) is 105 Å². The molecule has 3 aliphatic carbocycles. The summed E-state index contributed by atoms with van der Waals surface area (Å²) >= 11 is 0. The van der Waals surface area contributed by atoms with Crippen molar-refractivity contribution in [3.05, 3.63) is 53.1 Å². The zero-order valence-corrected chi connectivity index (χ0v) is 29.6. The van der Waals surface area contributed by atoms with Crippen molar-refractivity contribution in [3.8, 4) is 17.0 Å². The summed E-state index contributed by atoms with van der Waals surface area (Å²) in [7, 11) is -2.24. The minimum atomic E-state index is -3.94. The van der Waals surface area contributed by atoms with Gasteiger partial charge < -0.3 is 14.2 Å². The fourth-order valence-electron chi connectivity index (χ4n) is 10.5. The number of rotatable bonds is 7. The molecule has 49 heavy (non-hydrogen) atoms. The topological polar surface area (TPSA) is 101 Å². The average Bonchev–Trinajstić information content (AvgIpc) is 3.99. The van der Waals surface area contributed by atoms with Gasteiger partial charge in [-0.15, -0.1) is 0 Å². The molecule has 6 aliphatic rings. The Morgan fingerprint density at radius 3 is 2.39 bits per heavy atom. The summed E-state index contributed by atoms with van der Waals surface area (Å²) in [6.07, 6.45) is 13.6. The summed E-state index contributed by atoms with van der Waals surface area (Å²) in [5, 5.41) is 1.11. The van der Waals surface area contributed by atoms with E-state index in [1.165, 1.54) is 41.1 Å². The van der Waals surface area contributed by atoms with E-state index in [1.54, 1.807) is 13.2 Å². The summed E-state index contributed by atoms with van der Waals surface area (Å²) in [6.45, 7) is 3.61. The van der Waals surface area contributed by atoms with Crippen molar-refractivity contribution in [3.63, 3.8) is 0 Å². The predicted octanol–water partition coefficient (Wildman–Crippen LogP) is 6.86. The van der Waals surface area contributed by atoms with E-state index in [9.17, 15) is 18.0 Å². The van der Waals surface area contributed by atoms with Crippen molar-refractivity contribution in [1.82, 2.24) is 18.5 Å². The van der Waals surface area contributed by atoms with Crippen molar-refractivity contribution in [1.29, 1.82) is 0 Å². The highest BCUT2D eigenvalue weighted by Crippen LogP contribution is 2.69. The van der Waals surface area contributed by atoms with Gasteiger partial charge in [0.15, 0.2) is 0 Å². The van der Waals surface area contributed by atoms with E-state index in [0.717, 1.165) is 85.7 Å². The first-order chi connectivity index (χ1) is 23.7. The number of carbonyl (C=O) groups is 2. The van der Waals surface area contributed by atoms with Gasteiger partial charge >= 0.3 is 10.2 Å². The maximum atomic E-state index is 14.9. The van der Waals surface area contributed by atoms with E-state index >= 15 is 0 Å². The highest BCUT2D eigenvalue weighted by Gasteiger charge is 2.73. The second-order valence-electron chi connectivity index (χ2n) is 15.7. The minimum absolute atomic E-state index is 0.0528. The minimum Gasteiger partial charge on any atom is -0.497 e. The fourth-order valence-corrected chi connectivity index (χ4v) is 11.7. The van der Waals surface area contributed by atoms with Crippen LogP contribution in [0.25, 0.3) is 22.2 Å². The molecule has 2 aromatic carbocycles. The van der Waals surface area contributed by atoms with Gasteiger partial charge in [0.25, 0.3) is 5.91 Å². The van der Waals surface area contributed by atoms with E-state index in [0.29, 0.717) is 37.2 Å². The van der Waals surface area contributed by atoms with Gasteiger partial charge in [0.2, 0.25) is 5.91 Å². The van der Waals surface area contributed by atoms with Crippen molar-refractivity contribution < 1.29 is 22.7 Å². The number of aromatic nitrogens is 1. The lowest BCUT2D eigenvalue weighted by atomic mass is 9.80. The molecule has 3 saturated carbocycles. The summed E-state index contributed by atoms with van der Waals surface area (Å²) in [6, 6.07) is 12.4. The molecule has 3 aliphatic heterocycles. The molecule has 260 valence electrons. The van der Waals surface area contributed by atoms with Crippen LogP contribution in [0, 0.1) is 5.41 Å². The van der Waals surface area contributed by atoms with E-state index in [1.807, 2.05) is 18.2 Å². The molecule has 1 aromatic heterocycles. The molecule has 3 aromatic rings. The van der Waals surface area contributed by atoms with Crippen LogP contribution in [0.4, 0.5) is 0 Å². The molecular formula is C39H48N4O5S. The third-order valence-electron chi connectivity index (χ3n) is 13.3. The lowest BCUT2D eigenvalue weighted by Gasteiger charge is -2.28. The Balaban J connectivity index is 1.19. The number of hydrogen-bond acceptors (Lipinski definition) is 5. The third kappa shape index (κ3) is 4.68. The molecule has 5 fully saturated rings. The summed E-state index contributed by atoms with van der Waals surface area (Å²) in [5.41, 5.74) is 5.54. The Morgan fingerprint density at radius 1 is 0.959 bits per heavy atom. The van der Waals surface area contributed by atoms with Crippen LogP contribution in [0.2, 0.25) is 0 Å². The Morgan fingerprint density at radius 2 is 1.71 bits per heavy atom. The molecular weight excluding hydrogens is 637 g/mol. The van der Waals surface area contributed by atoms with Gasteiger partial charge in [-0.2, -0.15) is 12.7 Å². The van der Waals surface area contributed by atoms with Crippen molar-refractivity contribution in [2.24, 2.45) is 5.41 Å². The molecule has 1 N–H and O–H groups in total. The van der Waals surface area contributed by atoms with Gasteiger partial charge in [-0.25, -0.2) is 4.72 Å². The number of nitrogens with zero attached hydrogens (tertiary/aromatic N) is 3. The van der Waals surface area contributed by atoms with Crippen LogP contribution >= 0.6 is 0 Å². The van der Waals surface area contributed by atoms with Crippen molar-refractivity contribution in [2.45, 2.75) is 120 Å². The number of nitrogens with one attached hydrogen (secondary N) is 1. The number of hydrogen-bond donors (Lipinski definition) is 1. The molecule has 9 rings (SSSR count). The first-order valence-corrected chi connectivity index (χ1v) is 20.2. The molecule has 3 atom stereocenters. The number of carbonyl (C=O) groups excluding carboxylic acids is 2. The van der Waals surface area contributed by atoms with E-state index < -0.39 is 21.5 Å². The normalized spacial score (nSPS) is 27.4. The molecule has 2 amide bonds. The second kappa shape index (κ2) is 11.3. The molecule has 10 heteroatoms. The van der Waals surface area contributed by atoms with Crippen LogP contribution in [0.5, 0.6) is 5.75 Å². The Kier molecular flexibility index (Phi) is 7.30. The maximum Gasteiger partial charge on any atom is 0.304 e. The summed E-state index contributed by atoms with van der Waals surface area (Å²) < 4.78 is 38.3. The predicted molar refractivity (Wildman–Crippen MR) is 189 cm³/mol. The lowest BCUT2D eigenvalue weighted by molar-refractivity contribution is -0.134. The van der Waals surface area contributed by atoms with Crippen LogP contribution in [0.1, 0.15) is 124 Å². The zero-order chi connectivity index (χ0) is 33.7. The summed E-state index contributed by atoms with van der Waals surface area (Å²) in [5.74, 6) is 0.942. The van der Waals surface area contributed by atoms with Crippen LogP contribution in [0.3, 0.4) is 0 Å². The number of benzene rings is 2. The Hall–Kier alpha value is -3.37. The smallest absolute Gasteiger partial charge is 0.304 e. The van der Waals surface area contributed by atoms with Crippen molar-refractivity contribution >= 4 is 32.9 Å². The standard InChI is InChI=1S/C39H48N4O5S/c1-3-33-39(17-10-18-39)43(33)37(45)38-23-31(38)30-22-27(48-2)14-16-28(30)35-34(25-11-6-4-7-12-25)29-15-13-26(21-32(29)42(35)24-38)36(44)40-49(46,47)41-19-8-5-9-20-41/h13-16,21-22,25,31,33H,3-12,17-20,23-24H2,1-2H3,(H,40,44). The number of ether oxygens (including phenoxy) is 1. The van der Waals surface area contributed by atoms with Gasteiger partial charge in [0.1, 0.15) is 5.75 Å². The Bertz CT molecular complexity index is 1970. The van der Waals surface area contributed by atoms with Gasteiger partial charge in [-0.3, -0.25) is 9.59 Å². The monoisotopic (exact) mass is 684 g/mol. The Labute approximate surface area is 289 Å². The molecule has 3 unspecified atom stereocenters. The van der Waals surface area contributed by atoms with Crippen LogP contribution in [0.15, 0.2) is 36.4 Å². The van der Waals surface area contributed by atoms with Gasteiger partial charge in [-0.1, -0.05) is 38.7 Å². The first kappa shape index (κ1) is 31.6. The molecule has 9 nitrogen and oxygen atoms in total. The van der Waals surface area contributed by atoms with Gasteiger partial charge in [0.05, 0.1) is 29.8 Å². The largest absolute Gasteiger partial charge is 0.497 e. The SMILES string of the molecule is CCC1N(C(=O)C23CC2c2cc(OC)ccc2-c2c(C4CCCCC4)c4ccc(C(=O)NS(=O)(=O)N5CCCCC5)cc4n2C3)C12CCC2. The van der Waals surface area contributed by atoms with Crippen LogP contribution in [-0.2, 0) is 21.5 Å². The quantitative estimate of drug-likeness (QED) is 0.274. The molecule has 1 spiro atoms. The third-order valence-corrected chi connectivity index (χ3v) is 14.7. The van der Waals surface area contributed by atoms with E-state index in [4.69, 9.17) is 4.74 Å². The molecule has 2 saturated heterocycles. The number of methoxy groups -OCH3 is 1. The first-order valence-electron chi connectivity index (χ1n) is 18.7. The van der Waals surface area contributed by atoms with Crippen molar-refractivity contribution in [2.75, 3.05) is 20.2 Å². The molecule has 0 radical (unpaired) electrons. The van der Waals surface area contributed by atoms with Crippen LogP contribution < -0.4 is 9.46 Å². The zero-order valence-electron chi connectivity index (χ0n) is 28.8. The highest BCUT2D eigenvalue weighted by atomic mass is 32.2.